The molecule has 1 fully saturated rings. The van der Waals surface area contributed by atoms with Gasteiger partial charge in [0.15, 0.2) is 0 Å². The summed E-state index contributed by atoms with van der Waals surface area (Å²) >= 11 is 0. The summed E-state index contributed by atoms with van der Waals surface area (Å²) < 4.78 is 2.06. The average Bonchev–Trinajstić information content (AvgIpc) is 3.24. The number of pyridine rings is 2. The van der Waals surface area contributed by atoms with E-state index in [1.807, 2.05) is 24.4 Å². The topological polar surface area (TPSA) is 102 Å². The number of phenolic OH excluding ortho intramolecular Hbond substituents is 1. The first kappa shape index (κ1) is 25.7. The Bertz CT molecular complexity index is 1190. The molecule has 10 heteroatoms. The van der Waals surface area contributed by atoms with Crippen molar-refractivity contribution in [2.75, 3.05) is 18.8 Å². The summed E-state index contributed by atoms with van der Waals surface area (Å²) in [4.78, 5) is 8.94. The standard InChI is InChI=1S/C22H22N6O.3ClH/c23-22-20(21-9-15-7-19(29)2-1-14(15)10-25-21)8-16(11-26-22)17-12-27-28(13-17)18-3-5-24-6-4-18;;;/h1-2,7-13,18,24,29H,3-6H2,(H2,23,26);3*1H. The Labute approximate surface area is 204 Å². The van der Waals surface area contributed by atoms with Crippen LogP contribution in [0.1, 0.15) is 18.9 Å². The number of benzene rings is 1. The van der Waals surface area contributed by atoms with Crippen molar-refractivity contribution in [2.24, 2.45) is 0 Å². The maximum absolute atomic E-state index is 9.78. The van der Waals surface area contributed by atoms with Crippen LogP contribution in [0.2, 0.25) is 0 Å². The average molecular weight is 496 g/mol. The van der Waals surface area contributed by atoms with Gasteiger partial charge >= 0.3 is 0 Å². The molecule has 4 aromatic rings. The number of nitrogens with two attached hydrogens (primary N) is 1. The molecule has 0 atom stereocenters. The van der Waals surface area contributed by atoms with Crippen molar-refractivity contribution in [1.29, 1.82) is 0 Å². The van der Waals surface area contributed by atoms with E-state index in [0.29, 0.717) is 11.9 Å². The number of aromatic hydroxyl groups is 1. The van der Waals surface area contributed by atoms with Crippen LogP contribution in [0.15, 0.2) is 55.1 Å². The molecule has 1 saturated heterocycles. The Morgan fingerprint density at radius 3 is 2.47 bits per heavy atom. The Morgan fingerprint density at radius 2 is 1.69 bits per heavy atom. The molecule has 0 unspecified atom stereocenters. The third-order valence-corrected chi connectivity index (χ3v) is 5.52. The number of hydrogen-bond donors (Lipinski definition) is 3. The van der Waals surface area contributed by atoms with E-state index in [-0.39, 0.29) is 43.0 Å². The molecule has 170 valence electrons. The summed E-state index contributed by atoms with van der Waals surface area (Å²) in [6, 6.07) is 9.57. The highest BCUT2D eigenvalue weighted by Crippen LogP contribution is 2.31. The van der Waals surface area contributed by atoms with Gasteiger partial charge in [-0.15, -0.1) is 37.2 Å². The van der Waals surface area contributed by atoms with Crippen molar-refractivity contribution in [2.45, 2.75) is 18.9 Å². The van der Waals surface area contributed by atoms with Gasteiger partial charge in [-0.1, -0.05) is 0 Å². The van der Waals surface area contributed by atoms with E-state index in [0.717, 1.165) is 59.1 Å². The minimum absolute atomic E-state index is 0. The van der Waals surface area contributed by atoms with E-state index in [4.69, 9.17) is 5.73 Å². The first-order valence-corrected chi connectivity index (χ1v) is 9.77. The highest BCUT2D eigenvalue weighted by molar-refractivity contribution is 5.88. The molecule has 0 spiro atoms. The molecule has 4 N–H and O–H groups in total. The fourth-order valence-electron chi connectivity index (χ4n) is 3.87. The molecule has 5 rings (SSSR count). The van der Waals surface area contributed by atoms with Crippen LogP contribution in [0.5, 0.6) is 5.75 Å². The lowest BCUT2D eigenvalue weighted by Crippen LogP contribution is -2.29. The number of aromatic nitrogens is 4. The van der Waals surface area contributed by atoms with Crippen LogP contribution in [-0.2, 0) is 0 Å². The third-order valence-electron chi connectivity index (χ3n) is 5.52. The van der Waals surface area contributed by atoms with Crippen LogP contribution in [-0.4, -0.2) is 37.9 Å². The molecule has 32 heavy (non-hydrogen) atoms. The molecule has 1 aromatic carbocycles. The Morgan fingerprint density at radius 1 is 0.906 bits per heavy atom. The summed E-state index contributed by atoms with van der Waals surface area (Å²) in [6.45, 7) is 2.05. The molecule has 0 amide bonds. The smallest absolute Gasteiger partial charge is 0.132 e. The van der Waals surface area contributed by atoms with Crippen LogP contribution >= 0.6 is 37.2 Å². The van der Waals surface area contributed by atoms with Crippen molar-refractivity contribution >= 4 is 53.8 Å². The molecule has 0 aliphatic carbocycles. The van der Waals surface area contributed by atoms with Crippen LogP contribution in [0.25, 0.3) is 33.2 Å². The van der Waals surface area contributed by atoms with Crippen LogP contribution < -0.4 is 11.1 Å². The van der Waals surface area contributed by atoms with Gasteiger partial charge < -0.3 is 16.2 Å². The van der Waals surface area contributed by atoms with Gasteiger partial charge in [0.25, 0.3) is 0 Å². The predicted octanol–water partition coefficient (Wildman–Crippen LogP) is 4.64. The Kier molecular flexibility index (Phi) is 8.69. The van der Waals surface area contributed by atoms with E-state index in [1.165, 1.54) is 0 Å². The van der Waals surface area contributed by atoms with Crippen LogP contribution in [0, 0.1) is 0 Å². The maximum atomic E-state index is 9.78. The lowest BCUT2D eigenvalue weighted by Gasteiger charge is -2.22. The number of fused-ring (bicyclic) bond motifs is 1. The molecule has 4 heterocycles. The number of rotatable bonds is 3. The molecule has 0 bridgehead atoms. The number of nitrogen functional groups attached to an aromatic ring is 1. The zero-order chi connectivity index (χ0) is 19.8. The Hall–Kier alpha value is -2.58. The first-order valence-electron chi connectivity index (χ1n) is 9.77. The van der Waals surface area contributed by atoms with Gasteiger partial charge in [0, 0.05) is 40.7 Å². The summed E-state index contributed by atoms with van der Waals surface area (Å²) in [5, 5.41) is 19.6. The zero-order valence-corrected chi connectivity index (χ0v) is 19.6. The molecule has 0 saturated carbocycles. The number of phenols is 1. The summed E-state index contributed by atoms with van der Waals surface area (Å²) in [7, 11) is 0. The highest BCUT2D eigenvalue weighted by atomic mass is 35.5. The largest absolute Gasteiger partial charge is 0.508 e. The fourth-order valence-corrected chi connectivity index (χ4v) is 3.87. The van der Waals surface area contributed by atoms with Gasteiger partial charge in [-0.25, -0.2) is 4.98 Å². The molecule has 1 aliphatic rings. The number of anilines is 1. The number of nitrogens with one attached hydrogen (secondary N) is 1. The summed E-state index contributed by atoms with van der Waals surface area (Å²) in [6.07, 6.45) is 9.69. The van der Waals surface area contributed by atoms with Gasteiger partial charge in [0.2, 0.25) is 0 Å². The van der Waals surface area contributed by atoms with Gasteiger partial charge in [-0.2, -0.15) is 5.10 Å². The minimum Gasteiger partial charge on any atom is -0.508 e. The third kappa shape index (κ3) is 5.07. The molecular formula is C22H25Cl3N6O. The van der Waals surface area contributed by atoms with Gasteiger partial charge in [-0.05, 0) is 61.6 Å². The monoisotopic (exact) mass is 494 g/mol. The fraction of sp³-hybridized carbons (Fsp3) is 0.227. The van der Waals surface area contributed by atoms with Gasteiger partial charge in [0.05, 0.1) is 17.9 Å². The quantitative estimate of drug-likeness (QED) is 0.383. The lowest BCUT2D eigenvalue weighted by molar-refractivity contribution is 0.343. The summed E-state index contributed by atoms with van der Waals surface area (Å²) in [5.41, 5.74) is 9.62. The van der Waals surface area contributed by atoms with Crippen molar-refractivity contribution < 1.29 is 5.11 Å². The molecule has 0 radical (unpaired) electrons. The van der Waals surface area contributed by atoms with E-state index >= 15 is 0 Å². The van der Waals surface area contributed by atoms with Gasteiger partial charge in [0.1, 0.15) is 11.6 Å². The molecular weight excluding hydrogens is 471 g/mol. The second kappa shape index (κ2) is 10.8. The molecule has 7 nitrogen and oxygen atoms in total. The first-order chi connectivity index (χ1) is 14.2. The number of nitrogens with zero attached hydrogens (tertiary/aromatic N) is 4. The molecule has 3 aromatic heterocycles. The number of halogens is 3. The van der Waals surface area contributed by atoms with Crippen LogP contribution in [0.4, 0.5) is 5.82 Å². The SMILES string of the molecule is Cl.Cl.Cl.Nc1ncc(-c2cnn(C3CCNCC3)c2)cc1-c1cc2cc(O)ccc2cn1. The normalized spacial score (nSPS) is 13.6. The van der Waals surface area contributed by atoms with Crippen molar-refractivity contribution in [3.05, 3.63) is 55.1 Å². The lowest BCUT2D eigenvalue weighted by atomic mass is 10.0. The number of piperidine rings is 1. The van der Waals surface area contributed by atoms with Crippen LogP contribution in [0.3, 0.4) is 0 Å². The van der Waals surface area contributed by atoms with E-state index in [1.54, 1.807) is 24.5 Å². The highest BCUT2D eigenvalue weighted by Gasteiger charge is 2.17. The second-order valence-corrected chi connectivity index (χ2v) is 7.45. The maximum Gasteiger partial charge on any atom is 0.132 e. The van der Waals surface area contributed by atoms with Gasteiger partial charge in [-0.3, -0.25) is 9.67 Å². The predicted molar refractivity (Wildman–Crippen MR) is 135 cm³/mol. The van der Waals surface area contributed by atoms with Crippen molar-refractivity contribution in [1.82, 2.24) is 25.1 Å². The van der Waals surface area contributed by atoms with E-state index in [2.05, 4.69) is 31.3 Å². The Balaban J connectivity index is 0.00000121. The van der Waals surface area contributed by atoms with E-state index in [9.17, 15) is 5.11 Å². The minimum atomic E-state index is 0. The number of hydrogen-bond acceptors (Lipinski definition) is 6. The van der Waals surface area contributed by atoms with Crippen molar-refractivity contribution in [3.63, 3.8) is 0 Å². The second-order valence-electron chi connectivity index (χ2n) is 7.45. The zero-order valence-electron chi connectivity index (χ0n) is 17.1. The molecule has 1 aliphatic heterocycles. The van der Waals surface area contributed by atoms with E-state index < -0.39 is 0 Å². The summed E-state index contributed by atoms with van der Waals surface area (Å²) in [5.74, 6) is 0.645. The van der Waals surface area contributed by atoms with Crippen molar-refractivity contribution in [3.8, 4) is 28.1 Å².